The normalized spacial score (nSPS) is 10.4. The smallest absolute Gasteiger partial charge is 0.289 e. The number of hydrogen-bond acceptors (Lipinski definition) is 4. The maximum absolute atomic E-state index is 11.6. The number of aromatic nitrogens is 1. The molecule has 0 aliphatic carbocycles. The minimum atomic E-state index is -0.401. The van der Waals surface area contributed by atoms with Gasteiger partial charge in [0.1, 0.15) is 11.4 Å². The van der Waals surface area contributed by atoms with Gasteiger partial charge in [-0.2, -0.15) is 5.10 Å². The van der Waals surface area contributed by atoms with Crippen molar-refractivity contribution in [1.82, 2.24) is 10.4 Å². The number of phenols is 1. The fourth-order valence-electron chi connectivity index (χ4n) is 1.31. The number of hydrogen-bond donors (Lipinski definition) is 2. The first-order valence-electron chi connectivity index (χ1n) is 5.30. The zero-order valence-electron chi connectivity index (χ0n) is 9.45. The van der Waals surface area contributed by atoms with E-state index < -0.39 is 5.91 Å². The van der Waals surface area contributed by atoms with E-state index in [1.165, 1.54) is 12.4 Å². The fraction of sp³-hybridized carbons (Fsp3) is 0. The number of phenolic OH excluding ortho intramolecular Hbond substituents is 1. The Morgan fingerprint density at radius 3 is 2.72 bits per heavy atom. The van der Waals surface area contributed by atoms with Gasteiger partial charge in [0, 0.05) is 11.8 Å². The summed E-state index contributed by atoms with van der Waals surface area (Å²) in [7, 11) is 0. The number of hydrazone groups is 1. The van der Waals surface area contributed by atoms with Crippen molar-refractivity contribution < 1.29 is 9.90 Å². The molecule has 1 amide bonds. The highest BCUT2D eigenvalue weighted by molar-refractivity contribution is 5.93. The molecule has 90 valence electrons. The largest absolute Gasteiger partial charge is 0.507 e. The van der Waals surface area contributed by atoms with Crippen molar-refractivity contribution in [1.29, 1.82) is 0 Å². The Bertz CT molecular complexity index is 567. The summed E-state index contributed by atoms with van der Waals surface area (Å²) in [6.45, 7) is 0. The summed E-state index contributed by atoms with van der Waals surface area (Å²) in [5.74, 6) is -0.296. The van der Waals surface area contributed by atoms with Crippen molar-refractivity contribution >= 4 is 12.1 Å². The molecule has 18 heavy (non-hydrogen) atoms. The molecule has 1 heterocycles. The van der Waals surface area contributed by atoms with Gasteiger partial charge in [-0.1, -0.05) is 18.2 Å². The molecule has 0 unspecified atom stereocenters. The molecule has 0 atom stereocenters. The summed E-state index contributed by atoms with van der Waals surface area (Å²) in [5, 5.41) is 13.2. The fourth-order valence-corrected chi connectivity index (χ4v) is 1.31. The molecule has 0 bridgehead atoms. The van der Waals surface area contributed by atoms with Gasteiger partial charge in [0.15, 0.2) is 0 Å². The molecule has 1 aromatic carbocycles. The molecule has 0 saturated heterocycles. The molecule has 0 saturated carbocycles. The van der Waals surface area contributed by atoms with Crippen molar-refractivity contribution in [3.63, 3.8) is 0 Å². The van der Waals surface area contributed by atoms with Gasteiger partial charge in [0.2, 0.25) is 0 Å². The van der Waals surface area contributed by atoms with Crippen LogP contribution in [0.2, 0.25) is 0 Å². The van der Waals surface area contributed by atoms with Crippen molar-refractivity contribution in [2.24, 2.45) is 5.10 Å². The first kappa shape index (κ1) is 11.8. The van der Waals surface area contributed by atoms with Crippen LogP contribution in [0.1, 0.15) is 16.1 Å². The summed E-state index contributed by atoms with van der Waals surface area (Å²) in [6.07, 6.45) is 2.90. The van der Waals surface area contributed by atoms with E-state index in [0.29, 0.717) is 5.56 Å². The van der Waals surface area contributed by atoms with Crippen LogP contribution in [-0.2, 0) is 0 Å². The van der Waals surface area contributed by atoms with Gasteiger partial charge < -0.3 is 5.11 Å². The lowest BCUT2D eigenvalue weighted by molar-refractivity contribution is 0.0950. The average molecular weight is 241 g/mol. The molecule has 0 fully saturated rings. The second kappa shape index (κ2) is 5.58. The molecule has 1 aromatic heterocycles. The maximum Gasteiger partial charge on any atom is 0.289 e. The van der Waals surface area contributed by atoms with E-state index in [0.717, 1.165) is 0 Å². The molecule has 2 aromatic rings. The van der Waals surface area contributed by atoms with Crippen LogP contribution in [0, 0.1) is 0 Å². The lowest BCUT2D eigenvalue weighted by Crippen LogP contribution is -2.18. The molecule has 0 aliphatic heterocycles. The number of aromatic hydroxyl groups is 1. The number of benzene rings is 1. The van der Waals surface area contributed by atoms with E-state index in [4.69, 9.17) is 0 Å². The Kier molecular flexibility index (Phi) is 3.66. The molecule has 0 aliphatic rings. The van der Waals surface area contributed by atoms with E-state index in [-0.39, 0.29) is 11.4 Å². The first-order valence-corrected chi connectivity index (χ1v) is 5.30. The van der Waals surface area contributed by atoms with Gasteiger partial charge in [0.25, 0.3) is 5.91 Å². The summed E-state index contributed by atoms with van der Waals surface area (Å²) in [4.78, 5) is 15.5. The Morgan fingerprint density at radius 1 is 1.22 bits per heavy atom. The zero-order valence-corrected chi connectivity index (χ0v) is 9.45. The van der Waals surface area contributed by atoms with E-state index in [1.54, 1.807) is 42.5 Å². The van der Waals surface area contributed by atoms with E-state index in [9.17, 15) is 9.90 Å². The molecule has 2 N–H and O–H groups in total. The number of para-hydroxylation sites is 1. The van der Waals surface area contributed by atoms with Gasteiger partial charge in [-0.25, -0.2) is 5.43 Å². The molecular weight excluding hydrogens is 230 g/mol. The third-order valence-electron chi connectivity index (χ3n) is 2.20. The zero-order chi connectivity index (χ0) is 12.8. The number of nitrogens with zero attached hydrogens (tertiary/aromatic N) is 2. The predicted octanol–water partition coefficient (Wildman–Crippen LogP) is 1.55. The van der Waals surface area contributed by atoms with Gasteiger partial charge in [0.05, 0.1) is 6.21 Å². The molecule has 2 rings (SSSR count). The number of pyridine rings is 1. The molecular formula is C13H11N3O2. The van der Waals surface area contributed by atoms with E-state index >= 15 is 0 Å². The number of nitrogens with one attached hydrogen (secondary N) is 1. The highest BCUT2D eigenvalue weighted by atomic mass is 16.3. The van der Waals surface area contributed by atoms with Crippen molar-refractivity contribution in [3.8, 4) is 5.75 Å². The SMILES string of the molecule is O=C(NN=Cc1ccccc1O)c1ccccn1. The predicted molar refractivity (Wildman–Crippen MR) is 67.4 cm³/mol. The van der Waals surface area contributed by atoms with Crippen molar-refractivity contribution in [3.05, 3.63) is 59.9 Å². The van der Waals surface area contributed by atoms with Crippen molar-refractivity contribution in [2.75, 3.05) is 0 Å². The third kappa shape index (κ3) is 2.91. The van der Waals surface area contributed by atoms with Crippen LogP contribution in [0.5, 0.6) is 5.75 Å². The summed E-state index contributed by atoms with van der Waals surface area (Å²) in [6, 6.07) is 11.7. The molecule has 5 heteroatoms. The summed E-state index contributed by atoms with van der Waals surface area (Å²) >= 11 is 0. The quantitative estimate of drug-likeness (QED) is 0.632. The minimum absolute atomic E-state index is 0.105. The number of rotatable bonds is 3. The van der Waals surface area contributed by atoms with Crippen LogP contribution in [0.3, 0.4) is 0 Å². The second-order valence-electron chi connectivity index (χ2n) is 3.47. The molecule has 0 spiro atoms. The van der Waals surface area contributed by atoms with Crippen LogP contribution in [0.4, 0.5) is 0 Å². The highest BCUT2D eigenvalue weighted by Gasteiger charge is 2.03. The van der Waals surface area contributed by atoms with Crippen LogP contribution in [-0.4, -0.2) is 22.2 Å². The monoisotopic (exact) mass is 241 g/mol. The Labute approximate surface area is 104 Å². The van der Waals surface area contributed by atoms with Gasteiger partial charge >= 0.3 is 0 Å². The standard InChI is InChI=1S/C13H11N3O2/c17-12-7-2-1-5-10(12)9-15-16-13(18)11-6-3-4-8-14-11/h1-9,17H,(H,16,18). The lowest BCUT2D eigenvalue weighted by atomic mass is 10.2. The lowest BCUT2D eigenvalue weighted by Gasteiger charge is -1.99. The Hall–Kier alpha value is -2.69. The highest BCUT2D eigenvalue weighted by Crippen LogP contribution is 2.12. The maximum atomic E-state index is 11.6. The van der Waals surface area contributed by atoms with Gasteiger partial charge in [-0.05, 0) is 24.3 Å². The first-order chi connectivity index (χ1) is 8.77. The Balaban J connectivity index is 2.00. The second-order valence-corrected chi connectivity index (χ2v) is 3.47. The number of amides is 1. The minimum Gasteiger partial charge on any atom is -0.507 e. The van der Waals surface area contributed by atoms with Crippen molar-refractivity contribution in [2.45, 2.75) is 0 Å². The molecule has 5 nitrogen and oxygen atoms in total. The van der Waals surface area contributed by atoms with Crippen LogP contribution in [0.25, 0.3) is 0 Å². The number of carbonyl (C=O) groups is 1. The third-order valence-corrected chi connectivity index (χ3v) is 2.20. The van der Waals surface area contributed by atoms with Gasteiger partial charge in [-0.15, -0.1) is 0 Å². The van der Waals surface area contributed by atoms with E-state index in [1.807, 2.05) is 0 Å². The summed E-state index contributed by atoms with van der Waals surface area (Å²) < 4.78 is 0. The van der Waals surface area contributed by atoms with E-state index in [2.05, 4.69) is 15.5 Å². The van der Waals surface area contributed by atoms with Gasteiger partial charge in [-0.3, -0.25) is 9.78 Å². The topological polar surface area (TPSA) is 74.6 Å². The summed E-state index contributed by atoms with van der Waals surface area (Å²) in [5.41, 5.74) is 3.14. The Morgan fingerprint density at radius 2 is 2.00 bits per heavy atom. The number of carbonyl (C=O) groups excluding carboxylic acids is 1. The average Bonchev–Trinajstić information content (AvgIpc) is 2.42. The van der Waals surface area contributed by atoms with Crippen LogP contribution < -0.4 is 5.43 Å². The van der Waals surface area contributed by atoms with Crippen LogP contribution in [0.15, 0.2) is 53.8 Å². The van der Waals surface area contributed by atoms with Crippen LogP contribution >= 0.6 is 0 Å². The molecule has 0 radical (unpaired) electrons.